The van der Waals surface area contributed by atoms with Gasteiger partial charge in [0, 0.05) is 51.2 Å². The van der Waals surface area contributed by atoms with Crippen LogP contribution < -0.4 is 5.56 Å². The molecule has 1 spiro atoms. The Kier molecular flexibility index (Phi) is 5.06. The summed E-state index contributed by atoms with van der Waals surface area (Å²) in [7, 11) is 1.74. The Hall–Kier alpha value is -1.66. The average molecular weight is 334 g/mol. The van der Waals surface area contributed by atoms with Gasteiger partial charge >= 0.3 is 0 Å². The highest BCUT2D eigenvalue weighted by Crippen LogP contribution is 2.37. The maximum Gasteiger partial charge on any atom is 0.254 e. The van der Waals surface area contributed by atoms with Crippen LogP contribution in [0.5, 0.6) is 0 Å². The molecule has 2 fully saturated rings. The molecule has 6 heteroatoms. The van der Waals surface area contributed by atoms with Crippen molar-refractivity contribution in [3.63, 3.8) is 0 Å². The van der Waals surface area contributed by atoms with Crippen LogP contribution in [0.2, 0.25) is 0 Å². The quantitative estimate of drug-likeness (QED) is 0.844. The lowest BCUT2D eigenvalue weighted by atomic mass is 9.81. The van der Waals surface area contributed by atoms with Crippen molar-refractivity contribution in [2.45, 2.75) is 50.9 Å². The molecule has 0 aliphatic carbocycles. The Balaban J connectivity index is 1.69. The van der Waals surface area contributed by atoms with Gasteiger partial charge in [-0.3, -0.25) is 9.59 Å². The molecule has 2 saturated heterocycles. The molecule has 0 saturated carbocycles. The smallest absolute Gasteiger partial charge is 0.254 e. The van der Waals surface area contributed by atoms with E-state index in [1.165, 1.54) is 6.07 Å². The summed E-state index contributed by atoms with van der Waals surface area (Å²) in [4.78, 5) is 26.4. The fourth-order valence-corrected chi connectivity index (χ4v) is 3.87. The Morgan fingerprint density at radius 3 is 2.79 bits per heavy atom. The predicted octanol–water partition coefficient (Wildman–Crippen LogP) is 1.67. The minimum atomic E-state index is -0.255. The van der Waals surface area contributed by atoms with Crippen LogP contribution in [0.15, 0.2) is 23.1 Å². The lowest BCUT2D eigenvalue weighted by Crippen LogP contribution is -2.56. The van der Waals surface area contributed by atoms with Gasteiger partial charge in [-0.25, -0.2) is 0 Å². The summed E-state index contributed by atoms with van der Waals surface area (Å²) in [6.45, 7) is 4.55. The van der Waals surface area contributed by atoms with E-state index in [4.69, 9.17) is 9.47 Å². The number of rotatable bonds is 3. The van der Waals surface area contributed by atoms with Gasteiger partial charge < -0.3 is 18.9 Å². The van der Waals surface area contributed by atoms with E-state index in [2.05, 4.69) is 0 Å². The number of hydrogen-bond acceptors (Lipinski definition) is 4. The number of aryl methyl sites for hydroxylation is 1. The van der Waals surface area contributed by atoms with Crippen molar-refractivity contribution in [2.24, 2.45) is 0 Å². The first-order valence-corrected chi connectivity index (χ1v) is 8.76. The largest absolute Gasteiger partial charge is 0.378 e. The van der Waals surface area contributed by atoms with E-state index in [-0.39, 0.29) is 23.2 Å². The second-order valence-electron chi connectivity index (χ2n) is 6.61. The molecule has 3 heterocycles. The van der Waals surface area contributed by atoms with E-state index in [0.717, 1.165) is 32.3 Å². The molecule has 0 bridgehead atoms. The summed E-state index contributed by atoms with van der Waals surface area (Å²) in [6.07, 6.45) is 5.40. The van der Waals surface area contributed by atoms with Crippen molar-refractivity contribution in [3.8, 4) is 0 Å². The third-order valence-corrected chi connectivity index (χ3v) is 5.35. The van der Waals surface area contributed by atoms with Gasteiger partial charge in [-0.15, -0.1) is 0 Å². The van der Waals surface area contributed by atoms with E-state index in [9.17, 15) is 9.59 Å². The standard InChI is InChI=1S/C18H26N2O4/c1-3-19-9-6-14(13-16(19)21)17(22)20-10-7-18(8-11-20)15(23-2)5-4-12-24-18/h6,9,13,15H,3-5,7-8,10-12H2,1-2H3/t15-/m0/s1. The number of piperidine rings is 1. The first-order valence-electron chi connectivity index (χ1n) is 8.76. The Morgan fingerprint density at radius 1 is 1.42 bits per heavy atom. The molecule has 0 radical (unpaired) electrons. The van der Waals surface area contributed by atoms with Gasteiger partial charge in [0.1, 0.15) is 0 Å². The second kappa shape index (κ2) is 7.07. The van der Waals surface area contributed by atoms with Crippen molar-refractivity contribution in [2.75, 3.05) is 26.8 Å². The van der Waals surface area contributed by atoms with Crippen molar-refractivity contribution >= 4 is 5.91 Å². The van der Waals surface area contributed by atoms with Crippen LogP contribution >= 0.6 is 0 Å². The zero-order valence-corrected chi connectivity index (χ0v) is 14.5. The third kappa shape index (κ3) is 3.13. The first kappa shape index (κ1) is 17.2. The van der Waals surface area contributed by atoms with E-state index in [1.807, 2.05) is 11.8 Å². The highest BCUT2D eigenvalue weighted by Gasteiger charge is 2.45. The normalized spacial score (nSPS) is 23.4. The Morgan fingerprint density at radius 2 is 2.17 bits per heavy atom. The molecule has 1 aromatic heterocycles. The lowest BCUT2D eigenvalue weighted by molar-refractivity contribution is -0.183. The zero-order valence-electron chi connectivity index (χ0n) is 14.5. The number of nitrogens with zero attached hydrogens (tertiary/aromatic N) is 2. The fraction of sp³-hybridized carbons (Fsp3) is 0.667. The molecule has 6 nitrogen and oxygen atoms in total. The molecule has 1 amide bonds. The Labute approximate surface area is 142 Å². The van der Waals surface area contributed by atoms with Gasteiger partial charge in [-0.2, -0.15) is 0 Å². The number of pyridine rings is 1. The number of carbonyl (C=O) groups excluding carboxylic acids is 1. The third-order valence-electron chi connectivity index (χ3n) is 5.35. The molecular formula is C18H26N2O4. The molecule has 2 aliphatic heterocycles. The van der Waals surface area contributed by atoms with Gasteiger partial charge in [0.15, 0.2) is 0 Å². The minimum Gasteiger partial charge on any atom is -0.378 e. The number of aromatic nitrogens is 1. The summed E-state index contributed by atoms with van der Waals surface area (Å²) in [5.41, 5.74) is 0.0791. The van der Waals surface area contributed by atoms with Gasteiger partial charge in [0.25, 0.3) is 11.5 Å². The molecular weight excluding hydrogens is 308 g/mol. The zero-order chi connectivity index (χ0) is 17.2. The van der Waals surface area contributed by atoms with Crippen LogP contribution in [0.1, 0.15) is 43.0 Å². The molecule has 0 aromatic carbocycles. The van der Waals surface area contributed by atoms with E-state index < -0.39 is 0 Å². The SMILES string of the molecule is CCn1ccc(C(=O)N2CCC3(CC2)OCCC[C@@H]3OC)cc1=O. The average Bonchev–Trinajstić information content (AvgIpc) is 2.62. The van der Waals surface area contributed by atoms with Gasteiger partial charge in [-0.05, 0) is 38.7 Å². The monoisotopic (exact) mass is 334 g/mol. The number of hydrogen-bond donors (Lipinski definition) is 0. The number of likely N-dealkylation sites (tertiary alicyclic amines) is 1. The van der Waals surface area contributed by atoms with Crippen molar-refractivity contribution < 1.29 is 14.3 Å². The first-order chi connectivity index (χ1) is 11.6. The number of amides is 1. The molecule has 1 atom stereocenters. The van der Waals surface area contributed by atoms with Crippen molar-refractivity contribution in [1.82, 2.24) is 9.47 Å². The fourth-order valence-electron chi connectivity index (χ4n) is 3.87. The van der Waals surface area contributed by atoms with Crippen LogP contribution in [0.25, 0.3) is 0 Å². The predicted molar refractivity (Wildman–Crippen MR) is 90.2 cm³/mol. The second-order valence-corrected chi connectivity index (χ2v) is 6.61. The van der Waals surface area contributed by atoms with E-state index in [1.54, 1.807) is 23.9 Å². The molecule has 2 aliphatic rings. The molecule has 0 unspecified atom stereocenters. The summed E-state index contributed by atoms with van der Waals surface area (Å²) in [6, 6.07) is 3.16. The summed E-state index contributed by atoms with van der Waals surface area (Å²) in [5.74, 6) is -0.0741. The van der Waals surface area contributed by atoms with Crippen LogP contribution in [-0.4, -0.2) is 53.9 Å². The molecule has 0 N–H and O–H groups in total. The minimum absolute atomic E-state index is 0.0741. The maximum absolute atomic E-state index is 12.7. The van der Waals surface area contributed by atoms with Crippen LogP contribution in [0, 0.1) is 0 Å². The van der Waals surface area contributed by atoms with Crippen LogP contribution in [-0.2, 0) is 16.0 Å². The van der Waals surface area contributed by atoms with Crippen LogP contribution in [0.3, 0.4) is 0 Å². The molecule has 3 rings (SSSR count). The summed E-state index contributed by atoms with van der Waals surface area (Å²) < 4.78 is 13.3. The van der Waals surface area contributed by atoms with Gasteiger partial charge in [0.05, 0.1) is 11.7 Å². The molecule has 1 aromatic rings. The number of methoxy groups -OCH3 is 1. The lowest BCUT2D eigenvalue weighted by Gasteiger charge is -2.48. The van der Waals surface area contributed by atoms with Crippen molar-refractivity contribution in [3.05, 3.63) is 34.2 Å². The number of ether oxygens (including phenoxy) is 2. The van der Waals surface area contributed by atoms with Gasteiger partial charge in [-0.1, -0.05) is 0 Å². The highest BCUT2D eigenvalue weighted by atomic mass is 16.5. The number of carbonyl (C=O) groups is 1. The van der Waals surface area contributed by atoms with Crippen molar-refractivity contribution in [1.29, 1.82) is 0 Å². The van der Waals surface area contributed by atoms with Crippen LogP contribution in [0.4, 0.5) is 0 Å². The summed E-state index contributed by atoms with van der Waals surface area (Å²) >= 11 is 0. The maximum atomic E-state index is 12.7. The van der Waals surface area contributed by atoms with E-state index >= 15 is 0 Å². The summed E-state index contributed by atoms with van der Waals surface area (Å²) in [5, 5.41) is 0. The molecule has 24 heavy (non-hydrogen) atoms. The Bertz CT molecular complexity index is 647. The topological polar surface area (TPSA) is 60.8 Å². The van der Waals surface area contributed by atoms with E-state index in [0.29, 0.717) is 25.2 Å². The molecule has 132 valence electrons. The van der Waals surface area contributed by atoms with Gasteiger partial charge in [0.2, 0.25) is 0 Å². The highest BCUT2D eigenvalue weighted by molar-refractivity contribution is 5.94.